The van der Waals surface area contributed by atoms with E-state index in [1.807, 2.05) is 36.6 Å². The number of hydrogen-bond donors (Lipinski definition) is 1. The van der Waals surface area contributed by atoms with Gasteiger partial charge in [0.25, 0.3) is 0 Å². The number of hydrogen-bond acceptors (Lipinski definition) is 3. The Morgan fingerprint density at radius 2 is 1.88 bits per heavy atom. The fraction of sp³-hybridized carbons (Fsp3) is 0.444. The summed E-state index contributed by atoms with van der Waals surface area (Å²) in [4.78, 5) is 24.2. The molecule has 1 amide bonds. The molecule has 1 N–H and O–H groups in total. The molecule has 1 heterocycles. The Kier molecular flexibility index (Phi) is 6.24. The SMILES string of the molecule is CCC(CC)(NC(=O)CCn1c(C)csc1=O)c1ccc(Cl)cc1. The Bertz CT molecular complexity index is 745. The first-order valence-electron chi connectivity index (χ1n) is 8.14. The van der Waals surface area contributed by atoms with Gasteiger partial charge in [0.1, 0.15) is 0 Å². The number of halogens is 1. The Morgan fingerprint density at radius 1 is 1.25 bits per heavy atom. The molecule has 1 aromatic heterocycles. The van der Waals surface area contributed by atoms with Crippen molar-refractivity contribution < 1.29 is 4.79 Å². The van der Waals surface area contributed by atoms with Crippen LogP contribution < -0.4 is 10.2 Å². The maximum Gasteiger partial charge on any atom is 0.307 e. The summed E-state index contributed by atoms with van der Waals surface area (Å²) in [5.74, 6) is -0.0499. The highest BCUT2D eigenvalue weighted by Gasteiger charge is 2.30. The highest BCUT2D eigenvalue weighted by Crippen LogP contribution is 2.29. The number of amides is 1. The Hall–Kier alpha value is -1.59. The van der Waals surface area contributed by atoms with Crippen LogP contribution in [0.2, 0.25) is 5.02 Å². The first-order chi connectivity index (χ1) is 11.4. The van der Waals surface area contributed by atoms with Crippen LogP contribution in [-0.2, 0) is 16.9 Å². The zero-order valence-corrected chi connectivity index (χ0v) is 15.8. The second kappa shape index (κ2) is 7.99. The van der Waals surface area contributed by atoms with Crippen molar-refractivity contribution in [1.29, 1.82) is 0 Å². The molecular weight excluding hydrogens is 344 g/mol. The third-order valence-electron chi connectivity index (χ3n) is 4.52. The van der Waals surface area contributed by atoms with Gasteiger partial charge < -0.3 is 9.88 Å². The molecule has 0 aliphatic heterocycles. The molecule has 0 fully saturated rings. The third-order valence-corrected chi connectivity index (χ3v) is 5.65. The summed E-state index contributed by atoms with van der Waals surface area (Å²) < 4.78 is 1.64. The Balaban J connectivity index is 2.11. The van der Waals surface area contributed by atoms with E-state index in [2.05, 4.69) is 19.2 Å². The molecule has 4 nitrogen and oxygen atoms in total. The molecule has 6 heteroatoms. The number of nitrogens with zero attached hydrogens (tertiary/aromatic N) is 1. The fourth-order valence-electron chi connectivity index (χ4n) is 2.89. The number of aryl methyl sites for hydroxylation is 1. The smallest absolute Gasteiger partial charge is 0.307 e. The maximum atomic E-state index is 12.5. The van der Waals surface area contributed by atoms with Crippen LogP contribution in [0.25, 0.3) is 0 Å². The lowest BCUT2D eigenvalue weighted by molar-refractivity contribution is -0.123. The highest BCUT2D eigenvalue weighted by atomic mass is 35.5. The zero-order valence-electron chi connectivity index (χ0n) is 14.3. The Morgan fingerprint density at radius 3 is 2.38 bits per heavy atom. The molecule has 2 rings (SSSR count). The minimum atomic E-state index is -0.406. The van der Waals surface area contributed by atoms with Crippen LogP contribution in [0.15, 0.2) is 34.4 Å². The van der Waals surface area contributed by atoms with Gasteiger partial charge in [0.05, 0.1) is 5.54 Å². The first kappa shape index (κ1) is 18.7. The molecule has 0 aliphatic rings. The zero-order chi connectivity index (χ0) is 17.7. The van der Waals surface area contributed by atoms with Gasteiger partial charge >= 0.3 is 4.87 Å². The highest BCUT2D eigenvalue weighted by molar-refractivity contribution is 7.07. The van der Waals surface area contributed by atoms with E-state index >= 15 is 0 Å². The van der Waals surface area contributed by atoms with Gasteiger partial charge in [-0.3, -0.25) is 9.59 Å². The van der Waals surface area contributed by atoms with E-state index in [1.54, 1.807) is 4.57 Å². The van der Waals surface area contributed by atoms with Gasteiger partial charge in [0.2, 0.25) is 5.91 Å². The van der Waals surface area contributed by atoms with Crippen molar-refractivity contribution in [3.05, 3.63) is 55.6 Å². The molecule has 1 aromatic carbocycles. The van der Waals surface area contributed by atoms with Crippen molar-refractivity contribution in [2.75, 3.05) is 0 Å². The van der Waals surface area contributed by atoms with Crippen molar-refractivity contribution in [1.82, 2.24) is 9.88 Å². The van der Waals surface area contributed by atoms with Crippen molar-refractivity contribution >= 4 is 28.8 Å². The number of thiazole rings is 1. The van der Waals surface area contributed by atoms with Crippen LogP contribution in [0.5, 0.6) is 0 Å². The third kappa shape index (κ3) is 4.08. The standard InChI is InChI=1S/C18H23ClN2O2S/c1-4-18(5-2,14-6-8-15(19)9-7-14)20-16(22)10-11-21-13(3)12-24-17(21)23/h6-9,12H,4-5,10-11H2,1-3H3,(H,20,22). The van der Waals surface area contributed by atoms with Crippen LogP contribution in [0.1, 0.15) is 44.4 Å². The molecule has 0 saturated heterocycles. The summed E-state index contributed by atoms with van der Waals surface area (Å²) in [7, 11) is 0. The van der Waals surface area contributed by atoms with Crippen LogP contribution in [0, 0.1) is 6.92 Å². The molecule has 0 saturated carbocycles. The summed E-state index contributed by atoms with van der Waals surface area (Å²) in [6.45, 7) is 6.41. The summed E-state index contributed by atoms with van der Waals surface area (Å²) in [5.41, 5.74) is 1.54. The lowest BCUT2D eigenvalue weighted by Gasteiger charge is -2.33. The lowest BCUT2D eigenvalue weighted by atomic mass is 9.84. The number of carbonyl (C=O) groups is 1. The average molecular weight is 367 g/mol. The number of aromatic nitrogens is 1. The fourth-order valence-corrected chi connectivity index (χ4v) is 3.78. The van der Waals surface area contributed by atoms with Crippen LogP contribution >= 0.6 is 22.9 Å². The monoisotopic (exact) mass is 366 g/mol. The second-order valence-electron chi connectivity index (χ2n) is 5.89. The van der Waals surface area contributed by atoms with E-state index in [0.29, 0.717) is 11.6 Å². The molecule has 130 valence electrons. The van der Waals surface area contributed by atoms with Gasteiger partial charge in [-0.05, 0) is 37.5 Å². The summed E-state index contributed by atoms with van der Waals surface area (Å²) >= 11 is 7.14. The van der Waals surface area contributed by atoms with E-state index in [4.69, 9.17) is 11.6 Å². The average Bonchev–Trinajstić information content (AvgIpc) is 2.90. The van der Waals surface area contributed by atoms with E-state index in [1.165, 1.54) is 11.3 Å². The summed E-state index contributed by atoms with van der Waals surface area (Å²) in [6.07, 6.45) is 1.86. The van der Waals surface area contributed by atoms with Crippen LogP contribution in [-0.4, -0.2) is 10.5 Å². The molecule has 0 atom stereocenters. The number of nitrogens with one attached hydrogen (secondary N) is 1. The van der Waals surface area contributed by atoms with Crippen molar-refractivity contribution in [2.24, 2.45) is 0 Å². The molecule has 2 aromatic rings. The number of benzene rings is 1. The molecule has 0 spiro atoms. The Labute approximate surface area is 151 Å². The quantitative estimate of drug-likeness (QED) is 0.802. The van der Waals surface area contributed by atoms with Crippen LogP contribution in [0.3, 0.4) is 0 Å². The normalized spacial score (nSPS) is 11.5. The van der Waals surface area contributed by atoms with Gasteiger partial charge in [0, 0.05) is 29.1 Å². The van der Waals surface area contributed by atoms with E-state index < -0.39 is 5.54 Å². The second-order valence-corrected chi connectivity index (χ2v) is 7.15. The van der Waals surface area contributed by atoms with Gasteiger partial charge in [-0.2, -0.15) is 0 Å². The minimum Gasteiger partial charge on any atom is -0.347 e. The predicted octanol–water partition coefficient (Wildman–Crippen LogP) is 4.09. The molecule has 24 heavy (non-hydrogen) atoms. The van der Waals surface area contributed by atoms with E-state index in [-0.39, 0.29) is 17.2 Å². The van der Waals surface area contributed by atoms with Gasteiger partial charge in [0.15, 0.2) is 0 Å². The van der Waals surface area contributed by atoms with Crippen LogP contribution in [0.4, 0.5) is 0 Å². The lowest BCUT2D eigenvalue weighted by Crippen LogP contribution is -2.45. The first-order valence-corrected chi connectivity index (χ1v) is 9.39. The van der Waals surface area contributed by atoms with Crippen molar-refractivity contribution in [3.8, 4) is 0 Å². The topological polar surface area (TPSA) is 51.1 Å². The van der Waals surface area contributed by atoms with E-state index in [0.717, 1.165) is 24.1 Å². The molecule has 0 aliphatic carbocycles. The minimum absolute atomic E-state index is 0.0183. The maximum absolute atomic E-state index is 12.5. The molecule has 0 radical (unpaired) electrons. The van der Waals surface area contributed by atoms with Gasteiger partial charge in [-0.1, -0.05) is 48.9 Å². The van der Waals surface area contributed by atoms with Crippen molar-refractivity contribution in [3.63, 3.8) is 0 Å². The molecular formula is C18H23ClN2O2S. The predicted molar refractivity (Wildman–Crippen MR) is 99.8 cm³/mol. The number of carbonyl (C=O) groups excluding carboxylic acids is 1. The number of rotatable bonds is 7. The molecule has 0 bridgehead atoms. The largest absolute Gasteiger partial charge is 0.347 e. The summed E-state index contributed by atoms with van der Waals surface area (Å²) in [6, 6.07) is 7.61. The summed E-state index contributed by atoms with van der Waals surface area (Å²) in [5, 5.41) is 5.67. The molecule has 0 unspecified atom stereocenters. The van der Waals surface area contributed by atoms with Crippen molar-refractivity contribution in [2.45, 2.75) is 52.1 Å². The van der Waals surface area contributed by atoms with E-state index in [9.17, 15) is 9.59 Å². The van der Waals surface area contributed by atoms with Gasteiger partial charge in [-0.15, -0.1) is 0 Å². The van der Waals surface area contributed by atoms with Gasteiger partial charge in [-0.25, -0.2) is 0 Å².